The average Bonchev–Trinajstić information content (AvgIpc) is 2.90. The molecule has 112 valence electrons. The smallest absolute Gasteiger partial charge is 0.356 e. The van der Waals surface area contributed by atoms with Crippen molar-refractivity contribution in [3.05, 3.63) is 59.4 Å². The number of carbonyl (C=O) groups is 1. The van der Waals surface area contributed by atoms with Crippen molar-refractivity contribution in [1.29, 1.82) is 0 Å². The normalized spacial score (nSPS) is 10.8. The maximum Gasteiger partial charge on any atom is 0.356 e. The zero-order chi connectivity index (χ0) is 15.2. The zero-order valence-corrected chi connectivity index (χ0v) is 12.4. The van der Waals surface area contributed by atoms with Crippen LogP contribution in [0.2, 0.25) is 0 Å². The summed E-state index contributed by atoms with van der Waals surface area (Å²) in [6.07, 6.45) is 1.40. The molecule has 1 N–H and O–H groups in total. The van der Waals surface area contributed by atoms with Crippen LogP contribution in [0.5, 0.6) is 0 Å². The lowest BCUT2D eigenvalue weighted by atomic mass is 10.2. The highest BCUT2D eigenvalue weighted by atomic mass is 32.2. The Balaban J connectivity index is 2.14. The lowest BCUT2D eigenvalue weighted by molar-refractivity contribution is 0.0464. The van der Waals surface area contributed by atoms with Gasteiger partial charge in [-0.2, -0.15) is 0 Å². The van der Waals surface area contributed by atoms with Crippen LogP contribution in [0.25, 0.3) is 0 Å². The van der Waals surface area contributed by atoms with Gasteiger partial charge in [0.2, 0.25) is 10.9 Å². The zero-order valence-electron chi connectivity index (χ0n) is 11.5. The first kappa shape index (κ1) is 15.3. The van der Waals surface area contributed by atoms with E-state index in [1.54, 1.807) is 7.05 Å². The molecule has 0 aliphatic carbocycles. The second kappa shape index (κ2) is 7.05. The van der Waals surface area contributed by atoms with Gasteiger partial charge in [0, 0.05) is 12.7 Å². The molecule has 1 aromatic heterocycles. The molecule has 0 spiro atoms. The molecule has 0 saturated carbocycles. The van der Waals surface area contributed by atoms with E-state index < -0.39 is 16.9 Å². The minimum Gasteiger partial charge on any atom is -0.456 e. The second-order valence-corrected chi connectivity index (χ2v) is 5.31. The van der Waals surface area contributed by atoms with Gasteiger partial charge in [-0.25, -0.2) is 17.2 Å². The number of nitrogens with one attached hydrogen (secondary N) is 1. The van der Waals surface area contributed by atoms with Crippen molar-refractivity contribution in [3.8, 4) is 0 Å². The van der Waals surface area contributed by atoms with E-state index in [-0.39, 0.29) is 12.3 Å². The van der Waals surface area contributed by atoms with Gasteiger partial charge in [-0.15, -0.1) is 0 Å². The number of rotatable bonds is 6. The van der Waals surface area contributed by atoms with Crippen molar-refractivity contribution < 1.29 is 17.9 Å². The van der Waals surface area contributed by atoms with Gasteiger partial charge in [0.15, 0.2) is 0 Å². The number of hydrogen-bond acceptors (Lipinski definition) is 5. The van der Waals surface area contributed by atoms with Crippen molar-refractivity contribution in [3.63, 3.8) is 0 Å². The first-order valence-electron chi connectivity index (χ1n) is 6.33. The summed E-state index contributed by atoms with van der Waals surface area (Å²) >= 11 is 0. The van der Waals surface area contributed by atoms with E-state index in [2.05, 4.69) is 5.32 Å². The number of thiol groups is 1. The van der Waals surface area contributed by atoms with E-state index in [0.29, 0.717) is 12.1 Å². The molecular weight excluding hydrogens is 292 g/mol. The van der Waals surface area contributed by atoms with Crippen molar-refractivity contribution in [2.45, 2.75) is 13.2 Å². The summed E-state index contributed by atoms with van der Waals surface area (Å²) in [6.45, 7) is 0.566. The molecule has 2 aromatic rings. The first-order chi connectivity index (χ1) is 10.1. The molecule has 0 amide bonds. The third kappa shape index (κ3) is 3.93. The van der Waals surface area contributed by atoms with Crippen LogP contribution in [-0.4, -0.2) is 25.4 Å². The highest BCUT2D eigenvalue weighted by molar-refractivity contribution is 7.70. The fourth-order valence-electron chi connectivity index (χ4n) is 1.89. The molecule has 0 atom stereocenters. The van der Waals surface area contributed by atoms with E-state index in [9.17, 15) is 13.2 Å². The van der Waals surface area contributed by atoms with Crippen LogP contribution in [0.1, 0.15) is 21.6 Å². The van der Waals surface area contributed by atoms with Crippen LogP contribution in [0.4, 0.5) is 0 Å². The molecule has 0 fully saturated rings. The Hall–Kier alpha value is -2.12. The molecule has 0 unspecified atom stereocenters. The van der Waals surface area contributed by atoms with Gasteiger partial charge in [0.1, 0.15) is 12.3 Å². The van der Waals surface area contributed by atoms with Crippen LogP contribution < -0.4 is 5.32 Å². The third-order valence-electron chi connectivity index (χ3n) is 2.84. The summed E-state index contributed by atoms with van der Waals surface area (Å²) in [6, 6.07) is 10.7. The summed E-state index contributed by atoms with van der Waals surface area (Å²) in [5.41, 5.74) is 1.54. The standard InChI is InChI=1S/C14H16N2O4S/c1-15-8-12-7-13(16(9-12)21(18)19)14(17)20-10-11-5-3-2-4-6-11/h2-7,9,15,21H,8,10H2,1H3. The van der Waals surface area contributed by atoms with E-state index in [1.165, 1.54) is 12.3 Å². The van der Waals surface area contributed by atoms with Crippen LogP contribution in [-0.2, 0) is 28.8 Å². The van der Waals surface area contributed by atoms with Gasteiger partial charge in [0.25, 0.3) is 0 Å². The van der Waals surface area contributed by atoms with Crippen LogP contribution in [0, 0.1) is 0 Å². The molecule has 0 radical (unpaired) electrons. The van der Waals surface area contributed by atoms with Crippen LogP contribution in [0.3, 0.4) is 0 Å². The fourth-order valence-corrected chi connectivity index (χ4v) is 2.45. The Bertz CT molecular complexity index is 684. The summed E-state index contributed by atoms with van der Waals surface area (Å²) in [7, 11) is -1.18. The highest BCUT2D eigenvalue weighted by Crippen LogP contribution is 2.11. The van der Waals surface area contributed by atoms with E-state index in [0.717, 1.165) is 9.54 Å². The monoisotopic (exact) mass is 308 g/mol. The molecule has 0 aliphatic heterocycles. The molecule has 2 rings (SSSR count). The first-order valence-corrected chi connectivity index (χ1v) is 7.46. The lowest BCUT2D eigenvalue weighted by Crippen LogP contribution is -2.11. The van der Waals surface area contributed by atoms with Gasteiger partial charge in [-0.1, -0.05) is 30.3 Å². The predicted octanol–water partition coefficient (Wildman–Crippen LogP) is 0.939. The van der Waals surface area contributed by atoms with Crippen LogP contribution in [0.15, 0.2) is 42.6 Å². The van der Waals surface area contributed by atoms with Crippen molar-refractivity contribution in [2.24, 2.45) is 0 Å². The maximum absolute atomic E-state index is 12.0. The average molecular weight is 308 g/mol. The topological polar surface area (TPSA) is 77.4 Å². The van der Waals surface area contributed by atoms with Gasteiger partial charge in [-0.05, 0) is 24.2 Å². The molecule has 6 nitrogen and oxygen atoms in total. The van der Waals surface area contributed by atoms with Gasteiger partial charge >= 0.3 is 5.97 Å². The lowest BCUT2D eigenvalue weighted by Gasteiger charge is -2.05. The SMILES string of the molecule is CNCc1cc(C(=O)OCc2ccccc2)n([SH](=O)=O)c1. The summed E-state index contributed by atoms with van der Waals surface area (Å²) in [5, 5.41) is 2.90. The fraction of sp³-hybridized carbons (Fsp3) is 0.214. The Kier molecular flexibility index (Phi) is 5.13. The highest BCUT2D eigenvalue weighted by Gasteiger charge is 2.16. The number of nitrogens with zero attached hydrogens (tertiary/aromatic N) is 1. The number of esters is 1. The number of benzene rings is 1. The molecule has 1 aromatic carbocycles. The molecule has 0 aliphatic rings. The number of ether oxygens (including phenoxy) is 1. The number of hydrogen-bond donors (Lipinski definition) is 2. The summed E-state index contributed by atoms with van der Waals surface area (Å²) in [4.78, 5) is 12.0. The van der Waals surface area contributed by atoms with Crippen LogP contribution >= 0.6 is 0 Å². The Morgan fingerprint density at radius 2 is 1.95 bits per heavy atom. The quantitative estimate of drug-likeness (QED) is 0.613. The second-order valence-electron chi connectivity index (χ2n) is 4.41. The molecule has 21 heavy (non-hydrogen) atoms. The van der Waals surface area contributed by atoms with Gasteiger partial charge in [0.05, 0.1) is 0 Å². The third-order valence-corrected chi connectivity index (χ3v) is 3.52. The predicted molar refractivity (Wildman–Crippen MR) is 78.5 cm³/mol. The molecular formula is C14H16N2O4S. The van der Waals surface area contributed by atoms with Gasteiger partial charge in [-0.3, -0.25) is 0 Å². The summed E-state index contributed by atoms with van der Waals surface area (Å²) < 4.78 is 28.4. The molecule has 0 bridgehead atoms. The van der Waals surface area contributed by atoms with E-state index in [1.807, 2.05) is 30.3 Å². The number of carbonyl (C=O) groups excluding carboxylic acids is 1. The Morgan fingerprint density at radius 1 is 1.24 bits per heavy atom. The molecule has 0 saturated heterocycles. The maximum atomic E-state index is 12.0. The van der Waals surface area contributed by atoms with Crippen molar-refractivity contribution in [2.75, 3.05) is 7.05 Å². The minimum absolute atomic E-state index is 0.00675. The Morgan fingerprint density at radius 3 is 2.57 bits per heavy atom. The van der Waals surface area contributed by atoms with Crippen molar-refractivity contribution >= 4 is 16.9 Å². The number of aromatic nitrogens is 1. The Labute approximate surface area is 124 Å². The van der Waals surface area contributed by atoms with E-state index in [4.69, 9.17) is 4.74 Å². The molecule has 1 heterocycles. The molecule has 7 heteroatoms. The van der Waals surface area contributed by atoms with Gasteiger partial charge < -0.3 is 10.1 Å². The largest absolute Gasteiger partial charge is 0.456 e. The minimum atomic E-state index is -2.92. The van der Waals surface area contributed by atoms with E-state index >= 15 is 0 Å². The summed E-state index contributed by atoms with van der Waals surface area (Å²) in [5.74, 6) is -0.666. The van der Waals surface area contributed by atoms with Crippen molar-refractivity contribution in [1.82, 2.24) is 9.29 Å².